The largest absolute Gasteiger partial charge is 0.473 e. The quantitative estimate of drug-likeness (QED) is 0.415. The number of aromatic nitrogens is 2. The number of amides is 1. The van der Waals surface area contributed by atoms with Crippen molar-refractivity contribution in [3.63, 3.8) is 0 Å². The minimum atomic E-state index is -0.568. The highest BCUT2D eigenvalue weighted by molar-refractivity contribution is 5.68. The first-order valence-corrected chi connectivity index (χ1v) is 14.2. The van der Waals surface area contributed by atoms with Crippen molar-refractivity contribution in [2.45, 2.75) is 52.5 Å². The molecule has 2 aromatic carbocycles. The Morgan fingerprint density at radius 3 is 2.45 bits per heavy atom. The summed E-state index contributed by atoms with van der Waals surface area (Å²) in [6, 6.07) is 16.7. The third kappa shape index (κ3) is 6.97. The van der Waals surface area contributed by atoms with Gasteiger partial charge in [0.1, 0.15) is 29.7 Å². The normalized spacial score (nSPS) is 20.5. The molecule has 1 aromatic heterocycles. The Morgan fingerprint density at radius 2 is 1.81 bits per heavy atom. The maximum absolute atomic E-state index is 14.4. The van der Waals surface area contributed by atoms with Gasteiger partial charge in [0.05, 0.1) is 17.2 Å². The standard InChI is InChI=1S/C32H37FN6O3/c1-21-29(35-14-24-11-10-23(13-34)12-27(24)33)36-20-37-30(21)41-28-25-16-38(15-22-8-6-5-7-9-22)17-26(28)19-39(18-25)31(40)42-32(2,3)4/h5-12,20,25-26,28H,14-19H2,1-4H3,(H,35,36,37). The zero-order chi connectivity index (χ0) is 29.9. The highest BCUT2D eigenvalue weighted by Gasteiger charge is 2.46. The van der Waals surface area contributed by atoms with E-state index in [1.54, 1.807) is 12.1 Å². The van der Waals surface area contributed by atoms with Crippen LogP contribution in [-0.4, -0.2) is 63.7 Å². The lowest BCUT2D eigenvalue weighted by molar-refractivity contribution is -0.0722. The number of benzene rings is 2. The summed E-state index contributed by atoms with van der Waals surface area (Å²) < 4.78 is 26.7. The van der Waals surface area contributed by atoms with Crippen molar-refractivity contribution < 1.29 is 18.7 Å². The van der Waals surface area contributed by atoms with E-state index in [0.717, 1.165) is 25.2 Å². The minimum absolute atomic E-state index is 0.0484. The molecule has 0 aliphatic carbocycles. The lowest BCUT2D eigenvalue weighted by Crippen LogP contribution is -2.62. The molecule has 5 rings (SSSR count). The molecule has 9 nitrogen and oxygen atoms in total. The predicted octanol–water partition coefficient (Wildman–Crippen LogP) is 5.15. The second kappa shape index (κ2) is 12.3. The average molecular weight is 573 g/mol. The van der Waals surface area contributed by atoms with Crippen LogP contribution in [0.5, 0.6) is 5.88 Å². The number of nitriles is 1. The molecule has 1 N–H and O–H groups in total. The molecule has 2 aliphatic rings. The summed E-state index contributed by atoms with van der Waals surface area (Å²) in [6.45, 7) is 11.1. The molecule has 2 aliphatic heterocycles. The number of fused-ring (bicyclic) bond motifs is 2. The van der Waals surface area contributed by atoms with Crippen molar-refractivity contribution >= 4 is 11.9 Å². The van der Waals surface area contributed by atoms with Crippen molar-refractivity contribution in [1.29, 1.82) is 5.26 Å². The van der Waals surface area contributed by atoms with E-state index < -0.39 is 11.4 Å². The summed E-state index contributed by atoms with van der Waals surface area (Å²) in [5, 5.41) is 12.2. The number of likely N-dealkylation sites (tertiary alicyclic amines) is 2. The number of hydrogen-bond donors (Lipinski definition) is 1. The second-order valence-corrected chi connectivity index (χ2v) is 12.1. The molecule has 2 bridgehead atoms. The molecule has 2 fully saturated rings. The Hall–Kier alpha value is -4.23. The number of anilines is 1. The van der Waals surface area contributed by atoms with Gasteiger partial charge < -0.3 is 19.7 Å². The number of carbonyl (C=O) groups is 1. The molecule has 3 aromatic rings. The van der Waals surface area contributed by atoms with Crippen LogP contribution in [0.15, 0.2) is 54.9 Å². The first-order chi connectivity index (χ1) is 20.1. The zero-order valence-corrected chi connectivity index (χ0v) is 24.5. The third-order valence-corrected chi connectivity index (χ3v) is 7.64. The van der Waals surface area contributed by atoms with E-state index in [1.807, 2.05) is 44.7 Å². The molecular formula is C32H37FN6O3. The molecule has 2 saturated heterocycles. The molecular weight excluding hydrogens is 535 g/mol. The van der Waals surface area contributed by atoms with Gasteiger partial charge >= 0.3 is 6.09 Å². The van der Waals surface area contributed by atoms with Crippen LogP contribution >= 0.6 is 0 Å². The van der Waals surface area contributed by atoms with Crippen molar-refractivity contribution in [3.05, 3.63) is 82.9 Å². The Morgan fingerprint density at radius 1 is 1.10 bits per heavy atom. The number of halogens is 1. The molecule has 3 heterocycles. The Kier molecular flexibility index (Phi) is 8.59. The first kappa shape index (κ1) is 29.3. The van der Waals surface area contributed by atoms with E-state index >= 15 is 0 Å². The highest BCUT2D eigenvalue weighted by Crippen LogP contribution is 2.35. The SMILES string of the molecule is Cc1c(NCc2ccc(C#N)cc2F)ncnc1OC1C2CN(Cc3ccccc3)CC1CN(C(=O)OC(C)(C)C)C2. The fraction of sp³-hybridized carbons (Fsp3) is 0.438. The monoisotopic (exact) mass is 572 g/mol. The van der Waals surface area contributed by atoms with Crippen LogP contribution in [0.3, 0.4) is 0 Å². The van der Waals surface area contributed by atoms with E-state index in [-0.39, 0.29) is 36.1 Å². The fourth-order valence-corrected chi connectivity index (χ4v) is 5.73. The minimum Gasteiger partial charge on any atom is -0.473 e. The molecule has 0 radical (unpaired) electrons. The average Bonchev–Trinajstić information content (AvgIpc) is 2.93. The summed E-state index contributed by atoms with van der Waals surface area (Å²) in [6.07, 6.45) is 0.993. The fourth-order valence-electron chi connectivity index (χ4n) is 5.73. The number of hydrogen-bond acceptors (Lipinski definition) is 8. The van der Waals surface area contributed by atoms with Gasteiger partial charge in [-0.15, -0.1) is 0 Å². The van der Waals surface area contributed by atoms with Gasteiger partial charge in [0, 0.05) is 56.7 Å². The Bertz CT molecular complexity index is 1440. The molecule has 0 spiro atoms. The summed E-state index contributed by atoms with van der Waals surface area (Å²) in [5.74, 6) is 0.662. The molecule has 10 heteroatoms. The van der Waals surface area contributed by atoms with Crippen molar-refractivity contribution in [1.82, 2.24) is 19.8 Å². The van der Waals surface area contributed by atoms with Crippen LogP contribution in [-0.2, 0) is 17.8 Å². The van der Waals surface area contributed by atoms with E-state index in [9.17, 15) is 9.18 Å². The second-order valence-electron chi connectivity index (χ2n) is 12.1. The number of rotatable bonds is 7. The van der Waals surface area contributed by atoms with Gasteiger partial charge in [-0.2, -0.15) is 5.26 Å². The number of ether oxygens (including phenoxy) is 2. The maximum atomic E-state index is 14.4. The van der Waals surface area contributed by atoms with Crippen LogP contribution in [0.1, 0.15) is 43.0 Å². The summed E-state index contributed by atoms with van der Waals surface area (Å²) in [5.41, 5.74) is 2.11. The van der Waals surface area contributed by atoms with Crippen molar-refractivity contribution in [2.24, 2.45) is 11.8 Å². The molecule has 1 amide bonds. The molecule has 2 unspecified atom stereocenters. The smallest absolute Gasteiger partial charge is 0.410 e. The van der Waals surface area contributed by atoms with Crippen molar-refractivity contribution in [3.8, 4) is 11.9 Å². The number of carbonyl (C=O) groups excluding carboxylic acids is 1. The van der Waals surface area contributed by atoms with Crippen LogP contribution in [0.25, 0.3) is 0 Å². The summed E-state index contributed by atoms with van der Waals surface area (Å²) in [7, 11) is 0. The predicted molar refractivity (Wildman–Crippen MR) is 156 cm³/mol. The van der Waals surface area contributed by atoms with Crippen LogP contribution < -0.4 is 10.1 Å². The highest BCUT2D eigenvalue weighted by atomic mass is 19.1. The van der Waals surface area contributed by atoms with Crippen LogP contribution in [0.2, 0.25) is 0 Å². The topological polar surface area (TPSA) is 104 Å². The summed E-state index contributed by atoms with van der Waals surface area (Å²) >= 11 is 0. The number of nitrogens with one attached hydrogen (secondary N) is 1. The van der Waals surface area contributed by atoms with Gasteiger partial charge in [0.25, 0.3) is 0 Å². The van der Waals surface area contributed by atoms with Gasteiger partial charge in [-0.1, -0.05) is 36.4 Å². The Balaban J connectivity index is 1.31. The van der Waals surface area contributed by atoms with E-state index in [0.29, 0.717) is 30.4 Å². The molecule has 2 atom stereocenters. The van der Waals surface area contributed by atoms with Gasteiger partial charge in [-0.3, -0.25) is 4.90 Å². The molecule has 220 valence electrons. The first-order valence-electron chi connectivity index (χ1n) is 14.2. The van der Waals surface area contributed by atoms with Gasteiger partial charge in [-0.05, 0) is 45.4 Å². The molecule has 0 saturated carbocycles. The lowest BCUT2D eigenvalue weighted by Gasteiger charge is -2.50. The van der Waals surface area contributed by atoms with E-state index in [2.05, 4.69) is 44.5 Å². The number of nitrogens with zero attached hydrogens (tertiary/aromatic N) is 5. The van der Waals surface area contributed by atoms with Gasteiger partial charge in [-0.25, -0.2) is 19.2 Å². The number of piperidine rings is 2. The van der Waals surface area contributed by atoms with E-state index in [1.165, 1.54) is 18.0 Å². The summed E-state index contributed by atoms with van der Waals surface area (Å²) in [4.78, 5) is 26.1. The van der Waals surface area contributed by atoms with E-state index in [4.69, 9.17) is 14.7 Å². The maximum Gasteiger partial charge on any atom is 0.410 e. The van der Waals surface area contributed by atoms with Crippen LogP contribution in [0.4, 0.5) is 15.0 Å². The van der Waals surface area contributed by atoms with Crippen molar-refractivity contribution in [2.75, 3.05) is 31.5 Å². The van der Waals surface area contributed by atoms with Gasteiger partial charge in [0.15, 0.2) is 0 Å². The third-order valence-electron chi connectivity index (χ3n) is 7.64. The van der Waals surface area contributed by atoms with Crippen LogP contribution in [0, 0.1) is 35.9 Å². The van der Waals surface area contributed by atoms with Gasteiger partial charge in [0.2, 0.25) is 5.88 Å². The lowest BCUT2D eigenvalue weighted by atomic mass is 9.81. The zero-order valence-electron chi connectivity index (χ0n) is 24.5. The molecule has 42 heavy (non-hydrogen) atoms. The Labute approximate surface area is 246 Å².